The van der Waals surface area contributed by atoms with Crippen molar-refractivity contribution in [3.05, 3.63) is 78.4 Å². The monoisotopic (exact) mass is 386 g/mol. The molecule has 4 rings (SSSR count). The molecular weight excluding hydrogens is 368 g/mol. The van der Waals surface area contributed by atoms with Gasteiger partial charge in [0.1, 0.15) is 18.1 Å². The second-order valence-corrected chi connectivity index (χ2v) is 6.28. The number of hydrogen-bond donors (Lipinski definition) is 1. The summed E-state index contributed by atoms with van der Waals surface area (Å²) in [5, 5.41) is 0.848. The number of aromatic nitrogens is 3. The van der Waals surface area contributed by atoms with Gasteiger partial charge in [-0.3, -0.25) is 19.7 Å². The molecule has 7 nitrogen and oxygen atoms in total. The summed E-state index contributed by atoms with van der Waals surface area (Å²) in [4.78, 5) is 24.7. The van der Waals surface area contributed by atoms with Gasteiger partial charge in [0.15, 0.2) is 0 Å². The maximum atomic E-state index is 11.6. The fraction of sp³-hybridized carbons (Fsp3) is 0.0909. The van der Waals surface area contributed by atoms with Crippen molar-refractivity contribution in [2.45, 2.75) is 6.61 Å². The molecule has 0 saturated carbocycles. The quantitative estimate of drug-likeness (QED) is 0.545. The van der Waals surface area contributed by atoms with Crippen LogP contribution in [0.15, 0.2) is 67.1 Å². The molecule has 144 valence electrons. The van der Waals surface area contributed by atoms with Gasteiger partial charge in [-0.15, -0.1) is 0 Å². The Labute approximate surface area is 167 Å². The Bertz CT molecular complexity index is 1180. The van der Waals surface area contributed by atoms with Crippen LogP contribution < -0.4 is 15.2 Å². The van der Waals surface area contributed by atoms with Crippen molar-refractivity contribution in [2.75, 3.05) is 7.11 Å². The molecule has 0 fully saturated rings. The lowest BCUT2D eigenvalue weighted by Crippen LogP contribution is -2.15. The number of pyridine rings is 3. The molecule has 0 atom stereocenters. The molecule has 0 aliphatic heterocycles. The lowest BCUT2D eigenvalue weighted by atomic mass is 10.1. The van der Waals surface area contributed by atoms with Crippen LogP contribution in [0.2, 0.25) is 0 Å². The standard InChI is InChI=1S/C22H18N4O3/c1-28-15-6-7-18(26-12-15)14-10-19-16(4-2-8-24-19)21(11-14)29-13-20-17(22(23)27)5-3-9-25-20/h2-12H,13H2,1H3,(H2,23,27). The van der Waals surface area contributed by atoms with Crippen LogP contribution in [0.5, 0.6) is 11.5 Å². The first kappa shape index (κ1) is 18.4. The number of nitrogens with two attached hydrogens (primary N) is 1. The van der Waals surface area contributed by atoms with Gasteiger partial charge >= 0.3 is 0 Å². The molecule has 0 aliphatic rings. The van der Waals surface area contributed by atoms with E-state index in [1.165, 1.54) is 0 Å². The number of carbonyl (C=O) groups excluding carboxylic acids is 1. The van der Waals surface area contributed by atoms with Crippen molar-refractivity contribution < 1.29 is 14.3 Å². The highest BCUT2D eigenvalue weighted by atomic mass is 16.5. The summed E-state index contributed by atoms with van der Waals surface area (Å²) >= 11 is 0. The zero-order valence-electron chi connectivity index (χ0n) is 15.7. The lowest BCUT2D eigenvalue weighted by molar-refractivity contribution is 0.0997. The predicted octanol–water partition coefficient (Wildman–Crippen LogP) is 3.38. The Morgan fingerprint density at radius 1 is 1.03 bits per heavy atom. The van der Waals surface area contributed by atoms with Gasteiger partial charge in [0, 0.05) is 23.3 Å². The molecule has 7 heteroatoms. The van der Waals surface area contributed by atoms with Gasteiger partial charge in [0.2, 0.25) is 0 Å². The summed E-state index contributed by atoms with van der Waals surface area (Å²) in [6.45, 7) is 0.0998. The number of benzene rings is 1. The van der Waals surface area contributed by atoms with Gasteiger partial charge in [0.05, 0.1) is 35.8 Å². The lowest BCUT2D eigenvalue weighted by Gasteiger charge is -2.12. The number of ether oxygens (including phenoxy) is 2. The molecule has 0 unspecified atom stereocenters. The largest absolute Gasteiger partial charge is 0.495 e. The minimum absolute atomic E-state index is 0.0998. The number of primary amides is 1. The maximum absolute atomic E-state index is 11.6. The van der Waals surface area contributed by atoms with E-state index in [-0.39, 0.29) is 6.61 Å². The first-order valence-corrected chi connectivity index (χ1v) is 8.91. The molecule has 0 spiro atoms. The Hall–Kier alpha value is -4.00. The average molecular weight is 386 g/mol. The highest BCUT2D eigenvalue weighted by Crippen LogP contribution is 2.32. The van der Waals surface area contributed by atoms with E-state index in [0.29, 0.717) is 22.8 Å². The maximum Gasteiger partial charge on any atom is 0.250 e. The number of methoxy groups -OCH3 is 1. The van der Waals surface area contributed by atoms with Crippen LogP contribution in [-0.4, -0.2) is 28.0 Å². The SMILES string of the molecule is COc1ccc(-c2cc(OCc3ncccc3C(N)=O)c3cccnc3c2)nc1. The number of hydrogen-bond acceptors (Lipinski definition) is 6. The molecule has 2 N–H and O–H groups in total. The molecule has 0 saturated heterocycles. The Morgan fingerprint density at radius 2 is 1.86 bits per heavy atom. The number of amides is 1. The number of carbonyl (C=O) groups is 1. The van der Waals surface area contributed by atoms with Crippen LogP contribution in [0.4, 0.5) is 0 Å². The molecule has 4 aromatic rings. The molecular formula is C22H18N4O3. The third kappa shape index (κ3) is 3.84. The predicted molar refractivity (Wildman–Crippen MR) is 109 cm³/mol. The average Bonchev–Trinajstić information content (AvgIpc) is 2.77. The smallest absolute Gasteiger partial charge is 0.250 e. The minimum Gasteiger partial charge on any atom is -0.495 e. The molecule has 3 aromatic heterocycles. The van der Waals surface area contributed by atoms with E-state index in [9.17, 15) is 4.79 Å². The third-order valence-corrected chi connectivity index (χ3v) is 4.47. The Kier molecular flexibility index (Phi) is 5.03. The highest BCUT2D eigenvalue weighted by Gasteiger charge is 2.13. The van der Waals surface area contributed by atoms with Crippen LogP contribution >= 0.6 is 0 Å². The normalized spacial score (nSPS) is 10.7. The first-order chi connectivity index (χ1) is 14.2. The molecule has 0 radical (unpaired) electrons. The summed E-state index contributed by atoms with van der Waals surface area (Å²) in [6, 6.07) is 14.6. The van der Waals surface area contributed by atoms with E-state index in [2.05, 4.69) is 15.0 Å². The second-order valence-electron chi connectivity index (χ2n) is 6.28. The van der Waals surface area contributed by atoms with E-state index in [1.807, 2.05) is 36.4 Å². The zero-order valence-corrected chi connectivity index (χ0v) is 15.7. The van der Waals surface area contributed by atoms with E-state index in [4.69, 9.17) is 15.2 Å². The summed E-state index contributed by atoms with van der Waals surface area (Å²) in [6.07, 6.45) is 4.98. The zero-order chi connectivity index (χ0) is 20.2. The van der Waals surface area contributed by atoms with Crippen molar-refractivity contribution >= 4 is 16.8 Å². The van der Waals surface area contributed by atoms with Crippen molar-refractivity contribution in [3.8, 4) is 22.8 Å². The van der Waals surface area contributed by atoms with Gasteiger partial charge in [-0.05, 0) is 48.5 Å². The van der Waals surface area contributed by atoms with Crippen molar-refractivity contribution in [1.29, 1.82) is 0 Å². The van der Waals surface area contributed by atoms with Crippen LogP contribution in [0.25, 0.3) is 22.2 Å². The minimum atomic E-state index is -0.542. The van der Waals surface area contributed by atoms with Crippen LogP contribution in [0.3, 0.4) is 0 Å². The molecule has 0 bridgehead atoms. The topological polar surface area (TPSA) is 100 Å². The Balaban J connectivity index is 1.72. The fourth-order valence-electron chi connectivity index (χ4n) is 3.01. The third-order valence-electron chi connectivity index (χ3n) is 4.47. The van der Waals surface area contributed by atoms with Gasteiger partial charge in [-0.1, -0.05) is 0 Å². The Morgan fingerprint density at radius 3 is 2.62 bits per heavy atom. The van der Waals surface area contributed by atoms with E-state index in [1.54, 1.807) is 37.8 Å². The fourth-order valence-corrected chi connectivity index (χ4v) is 3.01. The van der Waals surface area contributed by atoms with Crippen molar-refractivity contribution in [1.82, 2.24) is 15.0 Å². The van der Waals surface area contributed by atoms with Gasteiger partial charge in [0.25, 0.3) is 5.91 Å². The van der Waals surface area contributed by atoms with Crippen LogP contribution in [0, 0.1) is 0 Å². The number of rotatable bonds is 6. The molecule has 1 aromatic carbocycles. The van der Waals surface area contributed by atoms with E-state index < -0.39 is 5.91 Å². The molecule has 1 amide bonds. The van der Waals surface area contributed by atoms with Crippen LogP contribution in [0.1, 0.15) is 16.1 Å². The second kappa shape index (κ2) is 7.93. The number of fused-ring (bicyclic) bond motifs is 1. The van der Waals surface area contributed by atoms with Gasteiger partial charge in [-0.25, -0.2) is 0 Å². The number of nitrogens with zero attached hydrogens (tertiary/aromatic N) is 3. The van der Waals surface area contributed by atoms with E-state index >= 15 is 0 Å². The first-order valence-electron chi connectivity index (χ1n) is 8.91. The van der Waals surface area contributed by atoms with Crippen LogP contribution in [-0.2, 0) is 6.61 Å². The van der Waals surface area contributed by atoms with Crippen molar-refractivity contribution in [2.24, 2.45) is 5.73 Å². The van der Waals surface area contributed by atoms with Gasteiger partial charge in [-0.2, -0.15) is 0 Å². The van der Waals surface area contributed by atoms with E-state index in [0.717, 1.165) is 22.2 Å². The summed E-state index contributed by atoms with van der Waals surface area (Å²) in [5.41, 5.74) is 8.63. The molecule has 3 heterocycles. The highest BCUT2D eigenvalue weighted by molar-refractivity contribution is 5.94. The summed E-state index contributed by atoms with van der Waals surface area (Å²) in [7, 11) is 1.60. The molecule has 29 heavy (non-hydrogen) atoms. The van der Waals surface area contributed by atoms with Crippen molar-refractivity contribution in [3.63, 3.8) is 0 Å². The molecule has 0 aliphatic carbocycles. The van der Waals surface area contributed by atoms with Gasteiger partial charge < -0.3 is 15.2 Å². The summed E-state index contributed by atoms with van der Waals surface area (Å²) in [5.74, 6) is 0.752. The summed E-state index contributed by atoms with van der Waals surface area (Å²) < 4.78 is 11.2.